The summed E-state index contributed by atoms with van der Waals surface area (Å²) in [5.74, 6) is -0.0276. The Morgan fingerprint density at radius 1 is 1.09 bits per heavy atom. The molecule has 2 aromatic carbocycles. The quantitative estimate of drug-likeness (QED) is 0.610. The molecule has 0 saturated heterocycles. The molecule has 0 saturated carbocycles. The lowest BCUT2D eigenvalue weighted by Gasteiger charge is -2.28. The predicted octanol–water partition coefficient (Wildman–Crippen LogP) is 3.34. The second-order valence-corrected chi connectivity index (χ2v) is 9.18. The van der Waals surface area contributed by atoms with Crippen molar-refractivity contribution in [2.45, 2.75) is 31.6 Å². The number of nitrogens with zero attached hydrogens (tertiary/aromatic N) is 2. The number of carbonyl (C=O) groups excluding carboxylic acids is 2. The minimum absolute atomic E-state index is 0.0638. The first-order chi connectivity index (χ1) is 15.2. The van der Waals surface area contributed by atoms with E-state index in [4.69, 9.17) is 4.52 Å². The minimum atomic E-state index is -3.82. The van der Waals surface area contributed by atoms with Crippen molar-refractivity contribution in [3.8, 4) is 0 Å². The molecule has 3 aromatic rings. The van der Waals surface area contributed by atoms with E-state index in [0.29, 0.717) is 35.7 Å². The van der Waals surface area contributed by atoms with Crippen LogP contribution in [-0.4, -0.2) is 31.9 Å². The van der Waals surface area contributed by atoms with Crippen LogP contribution in [0.1, 0.15) is 35.0 Å². The van der Waals surface area contributed by atoms with Crippen LogP contribution in [0.2, 0.25) is 0 Å². The van der Waals surface area contributed by atoms with Crippen molar-refractivity contribution in [3.63, 3.8) is 0 Å². The van der Waals surface area contributed by atoms with Crippen LogP contribution < -0.4 is 14.9 Å². The Kier molecular flexibility index (Phi) is 5.70. The maximum absolute atomic E-state index is 12.9. The summed E-state index contributed by atoms with van der Waals surface area (Å²) >= 11 is 0. The van der Waals surface area contributed by atoms with Crippen LogP contribution in [0, 0.1) is 6.92 Å². The van der Waals surface area contributed by atoms with Crippen molar-refractivity contribution in [1.82, 2.24) is 5.16 Å². The number of sulfonamides is 1. The molecule has 0 fully saturated rings. The molecule has 0 bridgehead atoms. The van der Waals surface area contributed by atoms with Gasteiger partial charge in [-0.05, 0) is 67.8 Å². The van der Waals surface area contributed by atoms with Gasteiger partial charge in [0, 0.05) is 30.5 Å². The van der Waals surface area contributed by atoms with E-state index in [1.165, 1.54) is 19.2 Å². The zero-order valence-corrected chi connectivity index (χ0v) is 18.4. The number of hydrogen-bond donors (Lipinski definition) is 2. The zero-order valence-electron chi connectivity index (χ0n) is 17.6. The third-order valence-electron chi connectivity index (χ3n) is 5.25. The fourth-order valence-electron chi connectivity index (χ4n) is 3.62. The number of anilines is 3. The topological polar surface area (TPSA) is 122 Å². The van der Waals surface area contributed by atoms with Crippen molar-refractivity contribution in [2.75, 3.05) is 21.5 Å². The Morgan fingerprint density at radius 2 is 1.81 bits per heavy atom. The summed E-state index contributed by atoms with van der Waals surface area (Å²) in [5, 5.41) is 6.28. The lowest BCUT2D eigenvalue weighted by Crippen LogP contribution is -2.33. The highest BCUT2D eigenvalue weighted by Gasteiger charge is 2.23. The standard InChI is InChI=1S/C22H22N4O5S/c1-14-20(13-23-31-14)22(28)24-17-5-7-18(8-6-17)25-32(29,30)19-9-10-21-16(12-19)4-3-11-26(21)15(2)27/h5-10,12-13,25H,3-4,11H2,1-2H3,(H,24,28). The van der Waals surface area contributed by atoms with E-state index in [1.807, 2.05) is 0 Å². The van der Waals surface area contributed by atoms with E-state index < -0.39 is 10.0 Å². The van der Waals surface area contributed by atoms with Crippen LogP contribution >= 0.6 is 0 Å². The van der Waals surface area contributed by atoms with E-state index in [-0.39, 0.29) is 16.7 Å². The monoisotopic (exact) mass is 454 g/mol. The smallest absolute Gasteiger partial charge is 0.261 e. The minimum Gasteiger partial charge on any atom is -0.361 e. The molecule has 2 amide bonds. The summed E-state index contributed by atoms with van der Waals surface area (Å²) in [4.78, 5) is 25.8. The molecule has 0 spiro atoms. The molecule has 10 heteroatoms. The highest BCUT2D eigenvalue weighted by Crippen LogP contribution is 2.30. The SMILES string of the molecule is CC(=O)N1CCCc2cc(S(=O)(=O)Nc3ccc(NC(=O)c4cnoc4C)cc3)ccc21. The van der Waals surface area contributed by atoms with Gasteiger partial charge in [0.1, 0.15) is 11.3 Å². The Morgan fingerprint density at radius 3 is 2.47 bits per heavy atom. The highest BCUT2D eigenvalue weighted by atomic mass is 32.2. The van der Waals surface area contributed by atoms with Crippen molar-refractivity contribution >= 4 is 38.9 Å². The molecule has 32 heavy (non-hydrogen) atoms. The average Bonchev–Trinajstić information content (AvgIpc) is 3.20. The van der Waals surface area contributed by atoms with Crippen LogP contribution in [0.25, 0.3) is 0 Å². The molecule has 1 aliphatic heterocycles. The molecule has 0 atom stereocenters. The van der Waals surface area contributed by atoms with Gasteiger partial charge in [0.15, 0.2) is 0 Å². The third kappa shape index (κ3) is 4.35. The second-order valence-electron chi connectivity index (χ2n) is 7.50. The number of carbonyl (C=O) groups is 2. The molecule has 166 valence electrons. The van der Waals surface area contributed by atoms with Crippen LogP contribution in [0.3, 0.4) is 0 Å². The number of benzene rings is 2. The predicted molar refractivity (Wildman–Crippen MR) is 119 cm³/mol. The van der Waals surface area contributed by atoms with Crippen LogP contribution in [0.5, 0.6) is 0 Å². The van der Waals surface area contributed by atoms with E-state index in [1.54, 1.807) is 48.2 Å². The summed E-state index contributed by atoms with van der Waals surface area (Å²) < 4.78 is 33.2. The first-order valence-corrected chi connectivity index (χ1v) is 11.5. The molecule has 0 unspecified atom stereocenters. The molecule has 4 rings (SSSR count). The van der Waals surface area contributed by atoms with Crippen molar-refractivity contribution in [1.29, 1.82) is 0 Å². The van der Waals surface area contributed by atoms with E-state index in [0.717, 1.165) is 17.7 Å². The van der Waals surface area contributed by atoms with Crippen LogP contribution in [0.15, 0.2) is 58.1 Å². The zero-order chi connectivity index (χ0) is 22.9. The van der Waals surface area contributed by atoms with Crippen molar-refractivity contribution < 1.29 is 22.5 Å². The van der Waals surface area contributed by atoms with Gasteiger partial charge in [0.25, 0.3) is 15.9 Å². The van der Waals surface area contributed by atoms with E-state index in [9.17, 15) is 18.0 Å². The van der Waals surface area contributed by atoms with Crippen LogP contribution in [0.4, 0.5) is 17.1 Å². The third-order valence-corrected chi connectivity index (χ3v) is 6.63. The highest BCUT2D eigenvalue weighted by molar-refractivity contribution is 7.92. The Hall–Kier alpha value is -3.66. The van der Waals surface area contributed by atoms with E-state index in [2.05, 4.69) is 15.2 Å². The van der Waals surface area contributed by atoms with Gasteiger partial charge in [-0.15, -0.1) is 0 Å². The molecule has 2 heterocycles. The average molecular weight is 455 g/mol. The number of nitrogens with one attached hydrogen (secondary N) is 2. The maximum Gasteiger partial charge on any atom is 0.261 e. The Labute approximate surface area is 185 Å². The van der Waals surface area contributed by atoms with E-state index >= 15 is 0 Å². The fraction of sp³-hybridized carbons (Fsp3) is 0.227. The van der Waals surface area contributed by atoms with Gasteiger partial charge in [-0.1, -0.05) is 5.16 Å². The molecular weight excluding hydrogens is 432 g/mol. The number of fused-ring (bicyclic) bond motifs is 1. The Balaban J connectivity index is 1.48. The number of aryl methyl sites for hydroxylation is 2. The first kappa shape index (κ1) is 21.6. The number of aromatic nitrogens is 1. The molecular formula is C22H22N4O5S. The molecule has 1 aromatic heterocycles. The molecule has 2 N–H and O–H groups in total. The van der Waals surface area contributed by atoms with Gasteiger partial charge in [0.2, 0.25) is 5.91 Å². The summed E-state index contributed by atoms with van der Waals surface area (Å²) in [6.07, 6.45) is 2.83. The van der Waals surface area contributed by atoms with Crippen LogP contribution in [-0.2, 0) is 21.2 Å². The van der Waals surface area contributed by atoms with Gasteiger partial charge >= 0.3 is 0 Å². The first-order valence-electron chi connectivity index (χ1n) is 10.0. The van der Waals surface area contributed by atoms with Gasteiger partial charge < -0.3 is 14.7 Å². The summed E-state index contributed by atoms with van der Waals surface area (Å²) in [7, 11) is -3.82. The van der Waals surface area contributed by atoms with Gasteiger partial charge in [0.05, 0.1) is 11.1 Å². The van der Waals surface area contributed by atoms with Gasteiger partial charge in [-0.2, -0.15) is 0 Å². The summed E-state index contributed by atoms with van der Waals surface area (Å²) in [6, 6.07) is 11.1. The molecule has 1 aliphatic rings. The van der Waals surface area contributed by atoms with Gasteiger partial charge in [-0.25, -0.2) is 8.42 Å². The van der Waals surface area contributed by atoms with Crippen molar-refractivity contribution in [2.24, 2.45) is 0 Å². The summed E-state index contributed by atoms with van der Waals surface area (Å²) in [5.41, 5.74) is 2.76. The normalized spacial score (nSPS) is 13.4. The lowest BCUT2D eigenvalue weighted by molar-refractivity contribution is -0.116. The lowest BCUT2D eigenvalue weighted by atomic mass is 10.0. The number of rotatable bonds is 5. The van der Waals surface area contributed by atoms with Gasteiger partial charge in [-0.3, -0.25) is 14.3 Å². The second kappa shape index (κ2) is 8.46. The molecule has 9 nitrogen and oxygen atoms in total. The number of hydrogen-bond acceptors (Lipinski definition) is 6. The molecule has 0 radical (unpaired) electrons. The van der Waals surface area contributed by atoms with Crippen molar-refractivity contribution in [3.05, 3.63) is 65.5 Å². The Bertz CT molecular complexity index is 1280. The largest absolute Gasteiger partial charge is 0.361 e. The maximum atomic E-state index is 12.9. The molecule has 0 aliphatic carbocycles. The fourth-order valence-corrected chi connectivity index (χ4v) is 4.73. The number of amides is 2. The summed E-state index contributed by atoms with van der Waals surface area (Å²) in [6.45, 7) is 3.77.